The van der Waals surface area contributed by atoms with Crippen molar-refractivity contribution in [3.05, 3.63) is 11.4 Å². The highest BCUT2D eigenvalue weighted by molar-refractivity contribution is 6.41. The van der Waals surface area contributed by atoms with E-state index in [1.165, 1.54) is 44.5 Å². The quantitative estimate of drug-likeness (QED) is 0.286. The second kappa shape index (κ2) is 11.2. The van der Waals surface area contributed by atoms with Crippen molar-refractivity contribution < 1.29 is 4.79 Å². The van der Waals surface area contributed by atoms with E-state index >= 15 is 0 Å². The predicted molar refractivity (Wildman–Crippen MR) is 90.2 cm³/mol. The number of unbranched alkanes of at least 4 members (excludes halogenated alkanes) is 6. The van der Waals surface area contributed by atoms with Crippen molar-refractivity contribution in [2.24, 2.45) is 5.41 Å². The predicted octanol–water partition coefficient (Wildman–Crippen LogP) is 4.68. The van der Waals surface area contributed by atoms with E-state index in [0.717, 1.165) is 25.7 Å². The summed E-state index contributed by atoms with van der Waals surface area (Å²) in [6, 6.07) is 0. The second-order valence-corrected chi connectivity index (χ2v) is 6.13. The lowest BCUT2D eigenvalue weighted by Gasteiger charge is -2.29. The third-order valence-electron chi connectivity index (χ3n) is 4.15. The molecule has 0 atom stereocenters. The first-order chi connectivity index (χ1) is 9.51. The topological polar surface area (TPSA) is 17.1 Å². The molecule has 0 aromatic rings. The Morgan fingerprint density at radius 3 is 1.75 bits per heavy atom. The average molecular weight is 272 g/mol. The fraction of sp³-hybridized carbons (Fsp3) is 0.824. The van der Waals surface area contributed by atoms with Crippen molar-refractivity contribution in [1.29, 1.82) is 0 Å². The van der Waals surface area contributed by atoms with Gasteiger partial charge in [-0.25, -0.2) is 0 Å². The number of carbonyl (C=O) groups excluding carboxylic acids is 1. The molecule has 0 bridgehead atoms. The van der Waals surface area contributed by atoms with Gasteiger partial charge in [-0.15, -0.1) is 5.98 Å². The minimum atomic E-state index is -0.332. The summed E-state index contributed by atoms with van der Waals surface area (Å²) in [6.07, 6.45) is 11.3. The normalized spacial score (nSPS) is 12.7. The summed E-state index contributed by atoms with van der Waals surface area (Å²) in [5.74, 6) is 1.28. The highest BCUT2D eigenvalue weighted by Crippen LogP contribution is 2.34. The molecule has 0 aliphatic rings. The van der Waals surface area contributed by atoms with Crippen LogP contribution in [0.1, 0.15) is 85.0 Å². The molecule has 0 heterocycles. The zero-order chi connectivity index (χ0) is 15.4. The number of allylic oxidation sites excluding steroid dienone is 1. The van der Waals surface area contributed by atoms with Gasteiger partial charge in [0.15, 0.2) is 5.78 Å². The van der Waals surface area contributed by atoms with Gasteiger partial charge in [0.25, 0.3) is 0 Å². The largest absolute Gasteiger partial charge is 0.295 e. The van der Waals surface area contributed by atoms with Crippen LogP contribution < -0.4 is 0 Å². The highest BCUT2D eigenvalue weighted by atomic mass is 16.1. The van der Waals surface area contributed by atoms with Crippen molar-refractivity contribution >= 4 is 21.5 Å². The van der Waals surface area contributed by atoms with Crippen LogP contribution in [0.25, 0.3) is 0 Å². The minimum Gasteiger partial charge on any atom is -0.295 e. The van der Waals surface area contributed by atoms with Crippen LogP contribution in [0.2, 0.25) is 0 Å². The molecular formula is C17H30B2O. The Labute approximate surface area is 128 Å². The summed E-state index contributed by atoms with van der Waals surface area (Å²) in [5, 5.41) is 0. The number of Topliss-reactive ketones (excluding diaryl/α,β-unsaturated/α-hetero) is 1. The van der Waals surface area contributed by atoms with Crippen LogP contribution in [-0.2, 0) is 4.79 Å². The lowest BCUT2D eigenvalue weighted by Crippen LogP contribution is -2.29. The lowest BCUT2D eigenvalue weighted by molar-refractivity contribution is -0.124. The van der Waals surface area contributed by atoms with Crippen LogP contribution in [0.3, 0.4) is 0 Å². The average Bonchev–Trinajstić information content (AvgIpc) is 2.46. The Balaban J connectivity index is 4.53. The molecule has 0 saturated heterocycles. The Morgan fingerprint density at radius 2 is 1.40 bits per heavy atom. The van der Waals surface area contributed by atoms with Crippen molar-refractivity contribution in [3.63, 3.8) is 0 Å². The van der Waals surface area contributed by atoms with Crippen molar-refractivity contribution in [3.8, 4) is 0 Å². The fourth-order valence-corrected chi connectivity index (χ4v) is 2.66. The Bertz CT molecular complexity index is 285. The van der Waals surface area contributed by atoms with E-state index in [0.29, 0.717) is 0 Å². The molecule has 3 heteroatoms. The van der Waals surface area contributed by atoms with Gasteiger partial charge in [-0.05, 0) is 12.8 Å². The number of rotatable bonds is 12. The van der Waals surface area contributed by atoms with Crippen LogP contribution >= 0.6 is 0 Å². The van der Waals surface area contributed by atoms with E-state index in [1.54, 1.807) is 0 Å². The number of ketones is 1. The van der Waals surface area contributed by atoms with Crippen LogP contribution in [0.15, 0.2) is 11.4 Å². The highest BCUT2D eigenvalue weighted by Gasteiger charge is 2.31. The SMILES string of the molecule is [B]/C=C(\[B])C(=O)C(C)(CCCCCC)CCCCCC. The standard InChI is InChI=1S/C17H30B2O/c1-4-6-8-10-12-17(3,13-11-9-7-5-2)16(20)15(19)14-18/h14H,4-13H2,1-3H3/b15-14-. The van der Waals surface area contributed by atoms with Crippen LogP contribution in [0, 0.1) is 5.41 Å². The monoisotopic (exact) mass is 272 g/mol. The smallest absolute Gasteiger partial charge is 0.153 e. The Morgan fingerprint density at radius 1 is 0.950 bits per heavy atom. The van der Waals surface area contributed by atoms with Gasteiger partial charge in [-0.3, -0.25) is 4.79 Å². The second-order valence-electron chi connectivity index (χ2n) is 6.13. The molecule has 0 amide bonds. The van der Waals surface area contributed by atoms with E-state index in [2.05, 4.69) is 20.8 Å². The first kappa shape index (κ1) is 19.5. The van der Waals surface area contributed by atoms with Crippen LogP contribution in [0.5, 0.6) is 0 Å². The lowest BCUT2D eigenvalue weighted by atomic mass is 9.69. The third kappa shape index (κ3) is 7.36. The summed E-state index contributed by atoms with van der Waals surface area (Å²) in [7, 11) is 11.2. The van der Waals surface area contributed by atoms with Crippen LogP contribution in [-0.4, -0.2) is 21.5 Å². The van der Waals surface area contributed by atoms with Crippen LogP contribution in [0.4, 0.5) is 0 Å². The van der Waals surface area contributed by atoms with Gasteiger partial charge in [0.2, 0.25) is 0 Å². The molecule has 4 radical (unpaired) electrons. The molecule has 1 nitrogen and oxygen atoms in total. The van der Waals surface area contributed by atoms with E-state index in [9.17, 15) is 4.79 Å². The van der Waals surface area contributed by atoms with Crippen molar-refractivity contribution in [2.45, 2.75) is 85.0 Å². The fourth-order valence-electron chi connectivity index (χ4n) is 2.66. The van der Waals surface area contributed by atoms with E-state index in [-0.39, 0.29) is 16.7 Å². The summed E-state index contributed by atoms with van der Waals surface area (Å²) in [4.78, 5) is 12.5. The molecule has 0 fully saturated rings. The zero-order valence-electron chi connectivity index (χ0n) is 13.7. The van der Waals surface area contributed by atoms with Crippen molar-refractivity contribution in [2.75, 3.05) is 0 Å². The van der Waals surface area contributed by atoms with Gasteiger partial charge in [0, 0.05) is 5.41 Å². The van der Waals surface area contributed by atoms with Gasteiger partial charge in [0.1, 0.15) is 15.7 Å². The van der Waals surface area contributed by atoms with Gasteiger partial charge >= 0.3 is 0 Å². The Kier molecular flexibility index (Phi) is 11.0. The summed E-state index contributed by atoms with van der Waals surface area (Å²) in [6.45, 7) is 6.46. The molecule has 110 valence electrons. The molecule has 0 aliphatic heterocycles. The molecule has 0 rings (SSSR count). The summed E-state index contributed by atoms with van der Waals surface area (Å²) >= 11 is 0. The van der Waals surface area contributed by atoms with Gasteiger partial charge in [-0.1, -0.05) is 77.6 Å². The molecular weight excluding hydrogens is 242 g/mol. The van der Waals surface area contributed by atoms with Crippen molar-refractivity contribution in [1.82, 2.24) is 0 Å². The molecule has 0 N–H and O–H groups in total. The molecule has 0 spiro atoms. The van der Waals surface area contributed by atoms with Gasteiger partial charge in [-0.2, -0.15) is 0 Å². The Hall–Kier alpha value is -0.460. The molecule has 0 aromatic carbocycles. The number of hydrogen-bond donors (Lipinski definition) is 0. The van der Waals surface area contributed by atoms with E-state index in [4.69, 9.17) is 15.7 Å². The summed E-state index contributed by atoms with van der Waals surface area (Å²) < 4.78 is 0. The molecule has 0 aliphatic carbocycles. The maximum absolute atomic E-state index is 12.5. The van der Waals surface area contributed by atoms with E-state index in [1.807, 2.05) is 0 Å². The maximum atomic E-state index is 12.5. The molecule has 0 unspecified atom stereocenters. The number of carbonyl (C=O) groups is 1. The molecule has 0 saturated carbocycles. The molecule has 0 aromatic heterocycles. The zero-order valence-corrected chi connectivity index (χ0v) is 13.7. The van der Waals surface area contributed by atoms with E-state index < -0.39 is 0 Å². The molecule has 20 heavy (non-hydrogen) atoms. The minimum absolute atomic E-state index is 0.0352. The summed E-state index contributed by atoms with van der Waals surface area (Å²) in [5.41, 5.74) is -0.111. The first-order valence-corrected chi connectivity index (χ1v) is 8.24. The van der Waals surface area contributed by atoms with Gasteiger partial charge in [0.05, 0.1) is 0 Å². The first-order valence-electron chi connectivity index (χ1n) is 8.24. The van der Waals surface area contributed by atoms with Gasteiger partial charge < -0.3 is 0 Å². The number of hydrogen-bond acceptors (Lipinski definition) is 1. The third-order valence-corrected chi connectivity index (χ3v) is 4.15. The maximum Gasteiger partial charge on any atom is 0.153 e.